The van der Waals surface area contributed by atoms with Gasteiger partial charge in [-0.3, -0.25) is 0 Å². The van der Waals surface area contributed by atoms with E-state index < -0.39 is 0 Å². The molecule has 1 unspecified atom stereocenters. The lowest BCUT2D eigenvalue weighted by atomic mass is 10.0. The molecule has 1 aliphatic heterocycles. The molecule has 0 spiro atoms. The molecular formula is C19H22ClNO. The Morgan fingerprint density at radius 1 is 1.09 bits per heavy atom. The monoisotopic (exact) mass is 315 g/mol. The van der Waals surface area contributed by atoms with E-state index in [2.05, 4.69) is 35.6 Å². The molecule has 2 nitrogen and oxygen atoms in total. The summed E-state index contributed by atoms with van der Waals surface area (Å²) in [7, 11) is 0. The van der Waals surface area contributed by atoms with Gasteiger partial charge in [-0.05, 0) is 62.1 Å². The highest BCUT2D eigenvalue weighted by atomic mass is 35.5. The van der Waals surface area contributed by atoms with Crippen LogP contribution in [0.15, 0.2) is 54.6 Å². The molecule has 0 aromatic heterocycles. The lowest BCUT2D eigenvalue weighted by Crippen LogP contribution is -2.39. The minimum absolute atomic E-state index is 0.198. The zero-order valence-electron chi connectivity index (χ0n) is 12.7. The molecule has 2 aromatic carbocycles. The van der Waals surface area contributed by atoms with Crippen LogP contribution >= 0.6 is 11.6 Å². The van der Waals surface area contributed by atoms with Gasteiger partial charge in [-0.2, -0.15) is 0 Å². The Morgan fingerprint density at radius 2 is 1.86 bits per heavy atom. The number of hydrogen-bond acceptors (Lipinski definition) is 2. The van der Waals surface area contributed by atoms with Gasteiger partial charge < -0.3 is 10.1 Å². The molecule has 1 N–H and O–H groups in total. The first kappa shape index (κ1) is 15.4. The third-order valence-corrected chi connectivity index (χ3v) is 4.46. The Labute approximate surface area is 137 Å². The fourth-order valence-electron chi connectivity index (χ4n) is 3.01. The van der Waals surface area contributed by atoms with Crippen molar-refractivity contribution in [3.8, 4) is 5.75 Å². The van der Waals surface area contributed by atoms with Gasteiger partial charge in [0, 0.05) is 11.1 Å². The third kappa shape index (κ3) is 4.25. The van der Waals surface area contributed by atoms with Gasteiger partial charge in [-0.25, -0.2) is 0 Å². The van der Waals surface area contributed by atoms with Gasteiger partial charge in [0.1, 0.15) is 11.9 Å². The van der Waals surface area contributed by atoms with E-state index in [-0.39, 0.29) is 6.10 Å². The first-order valence-electron chi connectivity index (χ1n) is 8.01. The normalized spacial score (nSPS) is 19.0. The summed E-state index contributed by atoms with van der Waals surface area (Å²) in [5.74, 6) is 0.899. The molecule has 0 aliphatic carbocycles. The lowest BCUT2D eigenvalue weighted by Gasteiger charge is -2.25. The largest absolute Gasteiger partial charge is 0.489 e. The van der Waals surface area contributed by atoms with Crippen molar-refractivity contribution in [3.63, 3.8) is 0 Å². The van der Waals surface area contributed by atoms with Gasteiger partial charge in [0.15, 0.2) is 0 Å². The first-order chi connectivity index (χ1) is 10.8. The summed E-state index contributed by atoms with van der Waals surface area (Å²) in [6.45, 7) is 1.09. The maximum atomic E-state index is 6.25. The van der Waals surface area contributed by atoms with Gasteiger partial charge in [-0.15, -0.1) is 0 Å². The molecule has 116 valence electrons. The second-order valence-corrected chi connectivity index (χ2v) is 6.27. The second-order valence-electron chi connectivity index (χ2n) is 5.84. The van der Waals surface area contributed by atoms with Crippen LogP contribution in [0.5, 0.6) is 5.75 Å². The van der Waals surface area contributed by atoms with Gasteiger partial charge >= 0.3 is 0 Å². The van der Waals surface area contributed by atoms with Crippen LogP contribution in [0.1, 0.15) is 24.8 Å². The zero-order valence-corrected chi connectivity index (χ0v) is 13.4. The molecule has 0 saturated carbocycles. The molecule has 1 heterocycles. The maximum Gasteiger partial charge on any atom is 0.119 e. The Bertz CT molecular complexity index is 564. The van der Waals surface area contributed by atoms with E-state index in [0.29, 0.717) is 6.04 Å². The standard InChI is InChI=1S/C19H22ClNO/c20-16-9-11-17(12-10-16)22-19(18-7-4-14-21-18)13-8-15-5-2-1-3-6-15/h1-3,5-6,9-12,18-19,21H,4,7-8,13-14H2/t18-,19?/m0/s1. The first-order valence-corrected chi connectivity index (χ1v) is 8.38. The van der Waals surface area contributed by atoms with Crippen molar-refractivity contribution in [2.75, 3.05) is 6.54 Å². The highest BCUT2D eigenvalue weighted by molar-refractivity contribution is 6.30. The molecule has 3 heteroatoms. The van der Waals surface area contributed by atoms with E-state index in [0.717, 1.165) is 30.2 Å². The fraction of sp³-hybridized carbons (Fsp3) is 0.368. The summed E-state index contributed by atoms with van der Waals surface area (Å²) >= 11 is 5.95. The molecule has 3 rings (SSSR count). The van der Waals surface area contributed by atoms with Crippen LogP contribution in [0.25, 0.3) is 0 Å². The summed E-state index contributed by atoms with van der Waals surface area (Å²) in [5.41, 5.74) is 1.37. The summed E-state index contributed by atoms with van der Waals surface area (Å²) in [6, 6.07) is 18.7. The molecule has 1 aliphatic rings. The minimum Gasteiger partial charge on any atom is -0.489 e. The van der Waals surface area contributed by atoms with Gasteiger partial charge in [-0.1, -0.05) is 41.9 Å². The number of benzene rings is 2. The van der Waals surface area contributed by atoms with Crippen molar-refractivity contribution in [1.82, 2.24) is 5.32 Å². The molecule has 0 radical (unpaired) electrons. The van der Waals surface area contributed by atoms with Crippen molar-refractivity contribution in [2.24, 2.45) is 0 Å². The summed E-state index contributed by atoms with van der Waals surface area (Å²) in [4.78, 5) is 0. The third-order valence-electron chi connectivity index (χ3n) is 4.21. The SMILES string of the molecule is Clc1ccc(OC(CCc2ccccc2)[C@@H]2CCCN2)cc1. The quantitative estimate of drug-likeness (QED) is 0.849. The van der Waals surface area contributed by atoms with E-state index in [1.54, 1.807) is 0 Å². The van der Waals surface area contributed by atoms with Crippen LogP contribution in [0.3, 0.4) is 0 Å². The molecule has 2 atom stereocenters. The average Bonchev–Trinajstić information content (AvgIpc) is 3.08. The Kier molecular flexibility index (Phi) is 5.36. The predicted molar refractivity (Wildman–Crippen MR) is 91.7 cm³/mol. The van der Waals surface area contributed by atoms with Crippen molar-refractivity contribution in [2.45, 2.75) is 37.8 Å². The highest BCUT2D eigenvalue weighted by Crippen LogP contribution is 2.22. The molecule has 0 amide bonds. The number of aryl methyl sites for hydroxylation is 1. The zero-order chi connectivity index (χ0) is 15.2. The van der Waals surface area contributed by atoms with E-state index in [1.165, 1.54) is 18.4 Å². The minimum atomic E-state index is 0.198. The second kappa shape index (κ2) is 7.66. The molecule has 2 aromatic rings. The number of ether oxygens (including phenoxy) is 1. The maximum absolute atomic E-state index is 6.25. The van der Waals surface area contributed by atoms with Crippen molar-refractivity contribution < 1.29 is 4.74 Å². The van der Waals surface area contributed by atoms with Crippen LogP contribution in [-0.2, 0) is 6.42 Å². The van der Waals surface area contributed by atoms with Crippen LogP contribution in [0.4, 0.5) is 0 Å². The smallest absolute Gasteiger partial charge is 0.119 e. The van der Waals surface area contributed by atoms with Gasteiger partial charge in [0.25, 0.3) is 0 Å². The number of nitrogens with one attached hydrogen (secondary N) is 1. The van der Waals surface area contributed by atoms with Gasteiger partial charge in [0.2, 0.25) is 0 Å². The van der Waals surface area contributed by atoms with Crippen molar-refractivity contribution >= 4 is 11.6 Å². The predicted octanol–water partition coefficient (Wildman–Crippen LogP) is 4.47. The van der Waals surface area contributed by atoms with E-state index >= 15 is 0 Å². The Balaban J connectivity index is 1.65. The van der Waals surface area contributed by atoms with Crippen LogP contribution in [0.2, 0.25) is 5.02 Å². The summed E-state index contributed by atoms with van der Waals surface area (Å²) in [6.07, 6.45) is 4.68. The summed E-state index contributed by atoms with van der Waals surface area (Å²) < 4.78 is 6.25. The Hall–Kier alpha value is -1.51. The van der Waals surface area contributed by atoms with Gasteiger partial charge in [0.05, 0.1) is 0 Å². The van der Waals surface area contributed by atoms with E-state index in [4.69, 9.17) is 16.3 Å². The average molecular weight is 316 g/mol. The molecule has 22 heavy (non-hydrogen) atoms. The molecular weight excluding hydrogens is 294 g/mol. The summed E-state index contributed by atoms with van der Waals surface area (Å²) in [5, 5.41) is 4.32. The molecule has 1 saturated heterocycles. The lowest BCUT2D eigenvalue weighted by molar-refractivity contribution is 0.152. The molecule has 1 fully saturated rings. The number of halogens is 1. The van der Waals surface area contributed by atoms with Crippen LogP contribution < -0.4 is 10.1 Å². The van der Waals surface area contributed by atoms with Crippen molar-refractivity contribution in [1.29, 1.82) is 0 Å². The van der Waals surface area contributed by atoms with Crippen LogP contribution in [0, 0.1) is 0 Å². The van der Waals surface area contributed by atoms with Crippen LogP contribution in [-0.4, -0.2) is 18.7 Å². The molecule has 0 bridgehead atoms. The Morgan fingerprint density at radius 3 is 2.55 bits per heavy atom. The van der Waals surface area contributed by atoms with Crippen molar-refractivity contribution in [3.05, 3.63) is 65.2 Å². The number of rotatable bonds is 6. The van der Waals surface area contributed by atoms with E-state index in [9.17, 15) is 0 Å². The van der Waals surface area contributed by atoms with E-state index in [1.807, 2.05) is 24.3 Å². The highest BCUT2D eigenvalue weighted by Gasteiger charge is 2.26. The topological polar surface area (TPSA) is 21.3 Å². The number of hydrogen-bond donors (Lipinski definition) is 1. The fourth-order valence-corrected chi connectivity index (χ4v) is 3.14.